The van der Waals surface area contributed by atoms with Crippen molar-refractivity contribution in [3.05, 3.63) is 60.4 Å². The Balaban J connectivity index is 1.68. The summed E-state index contributed by atoms with van der Waals surface area (Å²) in [6.07, 6.45) is 1.46. The molecule has 0 aliphatic heterocycles. The summed E-state index contributed by atoms with van der Waals surface area (Å²) in [5.74, 6) is 0.388. The van der Waals surface area contributed by atoms with Gasteiger partial charge in [0.05, 0.1) is 23.7 Å². The van der Waals surface area contributed by atoms with Gasteiger partial charge in [0.25, 0.3) is 0 Å². The van der Waals surface area contributed by atoms with Gasteiger partial charge in [0.1, 0.15) is 12.1 Å². The minimum atomic E-state index is -0.220. The maximum absolute atomic E-state index is 12.0. The number of aromatic nitrogens is 2. The number of benzene rings is 2. The van der Waals surface area contributed by atoms with Gasteiger partial charge in [0.15, 0.2) is 0 Å². The van der Waals surface area contributed by atoms with Crippen molar-refractivity contribution in [2.24, 2.45) is 0 Å². The molecule has 0 atom stereocenters. The standard InChI is InChI=1S/C17H13N5O/c18-9-12-4-3-5-13(8-12)22-16(23)10-19-17-14-6-1-2-7-15(14)20-11-21-17/h1-8,11H,10H2,(H,22,23)(H,19,20,21). The molecule has 2 N–H and O–H groups in total. The number of amides is 1. The Labute approximate surface area is 132 Å². The third kappa shape index (κ3) is 3.41. The molecule has 2 aromatic carbocycles. The van der Waals surface area contributed by atoms with Crippen LogP contribution in [0.5, 0.6) is 0 Å². The van der Waals surface area contributed by atoms with Crippen molar-refractivity contribution in [3.8, 4) is 6.07 Å². The van der Waals surface area contributed by atoms with E-state index in [-0.39, 0.29) is 12.5 Å². The van der Waals surface area contributed by atoms with E-state index in [1.165, 1.54) is 6.33 Å². The number of para-hydroxylation sites is 1. The number of carbonyl (C=O) groups excluding carboxylic acids is 1. The van der Waals surface area contributed by atoms with Crippen molar-refractivity contribution in [1.29, 1.82) is 5.26 Å². The van der Waals surface area contributed by atoms with Crippen LogP contribution in [0, 0.1) is 11.3 Å². The van der Waals surface area contributed by atoms with Crippen molar-refractivity contribution < 1.29 is 4.79 Å². The highest BCUT2D eigenvalue weighted by molar-refractivity contribution is 5.96. The number of nitrogens with one attached hydrogen (secondary N) is 2. The zero-order valence-corrected chi connectivity index (χ0v) is 12.2. The Morgan fingerprint density at radius 1 is 1.13 bits per heavy atom. The van der Waals surface area contributed by atoms with Gasteiger partial charge in [-0.15, -0.1) is 0 Å². The number of nitriles is 1. The lowest BCUT2D eigenvalue weighted by Crippen LogP contribution is -2.22. The minimum absolute atomic E-state index is 0.0673. The number of nitrogens with zero attached hydrogens (tertiary/aromatic N) is 3. The topological polar surface area (TPSA) is 90.7 Å². The monoisotopic (exact) mass is 303 g/mol. The number of hydrogen-bond acceptors (Lipinski definition) is 5. The van der Waals surface area contributed by atoms with Crippen molar-refractivity contribution in [3.63, 3.8) is 0 Å². The summed E-state index contributed by atoms with van der Waals surface area (Å²) in [5, 5.41) is 15.5. The fraction of sp³-hybridized carbons (Fsp3) is 0.0588. The molecule has 6 nitrogen and oxygen atoms in total. The zero-order chi connectivity index (χ0) is 16.1. The van der Waals surface area contributed by atoms with E-state index in [0.29, 0.717) is 17.1 Å². The normalized spacial score (nSPS) is 10.0. The fourth-order valence-corrected chi connectivity index (χ4v) is 2.18. The largest absolute Gasteiger partial charge is 0.360 e. The molecule has 1 amide bonds. The number of anilines is 2. The highest BCUT2D eigenvalue weighted by Gasteiger charge is 2.06. The van der Waals surface area contributed by atoms with E-state index >= 15 is 0 Å². The van der Waals surface area contributed by atoms with Crippen LogP contribution in [0.2, 0.25) is 0 Å². The Kier molecular flexibility index (Phi) is 4.11. The molecule has 0 bridgehead atoms. The van der Waals surface area contributed by atoms with Gasteiger partial charge in [-0.2, -0.15) is 5.26 Å². The molecule has 0 saturated heterocycles. The summed E-state index contributed by atoms with van der Waals surface area (Å²) in [5.41, 5.74) is 1.90. The van der Waals surface area contributed by atoms with Crippen LogP contribution in [-0.4, -0.2) is 22.4 Å². The number of fused-ring (bicyclic) bond motifs is 1. The molecule has 0 saturated carbocycles. The van der Waals surface area contributed by atoms with E-state index in [1.54, 1.807) is 24.3 Å². The second-order valence-corrected chi connectivity index (χ2v) is 4.83. The zero-order valence-electron chi connectivity index (χ0n) is 12.2. The van der Waals surface area contributed by atoms with Crippen LogP contribution in [0.1, 0.15) is 5.56 Å². The maximum Gasteiger partial charge on any atom is 0.243 e. The summed E-state index contributed by atoms with van der Waals surface area (Å²) in [7, 11) is 0. The molecule has 1 heterocycles. The summed E-state index contributed by atoms with van der Waals surface area (Å²) < 4.78 is 0. The Bertz CT molecular complexity index is 895. The molecule has 1 aromatic heterocycles. The number of carbonyl (C=O) groups is 1. The molecular weight excluding hydrogens is 290 g/mol. The molecule has 3 aromatic rings. The molecule has 0 fully saturated rings. The molecule has 3 rings (SSSR count). The second-order valence-electron chi connectivity index (χ2n) is 4.83. The van der Waals surface area contributed by atoms with Crippen LogP contribution in [0.15, 0.2) is 54.9 Å². The number of rotatable bonds is 4. The predicted octanol–water partition coefficient (Wildman–Crippen LogP) is 2.55. The first kappa shape index (κ1) is 14.5. The Morgan fingerprint density at radius 2 is 2.00 bits per heavy atom. The van der Waals surface area contributed by atoms with E-state index in [1.807, 2.05) is 30.3 Å². The first-order chi connectivity index (χ1) is 11.3. The fourth-order valence-electron chi connectivity index (χ4n) is 2.18. The van der Waals surface area contributed by atoms with Crippen molar-refractivity contribution >= 4 is 28.3 Å². The van der Waals surface area contributed by atoms with Crippen LogP contribution in [-0.2, 0) is 4.79 Å². The smallest absolute Gasteiger partial charge is 0.243 e. The van der Waals surface area contributed by atoms with E-state index in [0.717, 1.165) is 10.9 Å². The van der Waals surface area contributed by atoms with Crippen molar-refractivity contribution in [2.45, 2.75) is 0 Å². The van der Waals surface area contributed by atoms with E-state index in [9.17, 15) is 4.79 Å². The van der Waals surface area contributed by atoms with Gasteiger partial charge in [-0.25, -0.2) is 9.97 Å². The highest BCUT2D eigenvalue weighted by atomic mass is 16.1. The lowest BCUT2D eigenvalue weighted by atomic mass is 10.2. The summed E-state index contributed by atoms with van der Waals surface area (Å²) in [6.45, 7) is 0.0673. The van der Waals surface area contributed by atoms with Gasteiger partial charge in [0.2, 0.25) is 5.91 Å². The van der Waals surface area contributed by atoms with Crippen molar-refractivity contribution in [2.75, 3.05) is 17.2 Å². The van der Waals surface area contributed by atoms with Gasteiger partial charge in [-0.05, 0) is 30.3 Å². The van der Waals surface area contributed by atoms with Crippen molar-refractivity contribution in [1.82, 2.24) is 9.97 Å². The van der Waals surface area contributed by atoms with Crippen LogP contribution in [0.3, 0.4) is 0 Å². The summed E-state index contributed by atoms with van der Waals surface area (Å²) in [4.78, 5) is 20.4. The Morgan fingerprint density at radius 3 is 2.87 bits per heavy atom. The third-order valence-electron chi connectivity index (χ3n) is 3.23. The predicted molar refractivity (Wildman–Crippen MR) is 87.8 cm³/mol. The van der Waals surface area contributed by atoms with E-state index in [2.05, 4.69) is 20.6 Å². The molecule has 0 spiro atoms. The Hall–Kier alpha value is -3.46. The molecule has 23 heavy (non-hydrogen) atoms. The minimum Gasteiger partial charge on any atom is -0.360 e. The SMILES string of the molecule is N#Cc1cccc(NC(=O)CNc2ncnc3ccccc23)c1. The van der Waals surface area contributed by atoms with Gasteiger partial charge in [-0.3, -0.25) is 4.79 Å². The second kappa shape index (κ2) is 6.54. The molecule has 0 aliphatic rings. The first-order valence-corrected chi connectivity index (χ1v) is 7.00. The van der Waals surface area contributed by atoms with Crippen LogP contribution >= 0.6 is 0 Å². The molecular formula is C17H13N5O. The van der Waals surface area contributed by atoms with Gasteiger partial charge in [-0.1, -0.05) is 18.2 Å². The van der Waals surface area contributed by atoms with Crippen LogP contribution in [0.25, 0.3) is 10.9 Å². The first-order valence-electron chi connectivity index (χ1n) is 7.00. The third-order valence-corrected chi connectivity index (χ3v) is 3.23. The van der Waals surface area contributed by atoms with Gasteiger partial charge < -0.3 is 10.6 Å². The molecule has 0 aliphatic carbocycles. The average molecular weight is 303 g/mol. The molecule has 112 valence electrons. The summed E-state index contributed by atoms with van der Waals surface area (Å²) >= 11 is 0. The lowest BCUT2D eigenvalue weighted by Gasteiger charge is -2.09. The number of hydrogen-bond donors (Lipinski definition) is 2. The quantitative estimate of drug-likeness (QED) is 0.773. The van der Waals surface area contributed by atoms with E-state index < -0.39 is 0 Å². The van der Waals surface area contributed by atoms with Crippen LogP contribution in [0.4, 0.5) is 11.5 Å². The van der Waals surface area contributed by atoms with Gasteiger partial charge in [0, 0.05) is 11.1 Å². The van der Waals surface area contributed by atoms with E-state index in [4.69, 9.17) is 5.26 Å². The highest BCUT2D eigenvalue weighted by Crippen LogP contribution is 2.18. The lowest BCUT2D eigenvalue weighted by molar-refractivity contribution is -0.114. The molecule has 0 unspecified atom stereocenters. The summed E-state index contributed by atoms with van der Waals surface area (Å²) in [6, 6.07) is 16.4. The maximum atomic E-state index is 12.0. The molecule has 0 radical (unpaired) electrons. The van der Waals surface area contributed by atoms with Gasteiger partial charge >= 0.3 is 0 Å². The van der Waals surface area contributed by atoms with Crippen LogP contribution < -0.4 is 10.6 Å². The average Bonchev–Trinajstić information content (AvgIpc) is 2.60. The molecule has 6 heteroatoms.